The van der Waals surface area contributed by atoms with Gasteiger partial charge in [0.25, 0.3) is 0 Å². The number of halogens is 2. The molecule has 0 aromatic heterocycles. The topological polar surface area (TPSA) is 72.5 Å². The van der Waals surface area contributed by atoms with Crippen molar-refractivity contribution in [3.05, 3.63) is 58.4 Å². The molecule has 0 unspecified atom stereocenters. The maximum atomic E-state index is 13.6. The highest BCUT2D eigenvalue weighted by atomic mass is 35.5. The summed E-state index contributed by atoms with van der Waals surface area (Å²) in [5.41, 5.74) is 5.81. The van der Waals surface area contributed by atoms with E-state index < -0.39 is 11.8 Å². The van der Waals surface area contributed by atoms with Crippen LogP contribution < -0.4 is 10.5 Å². The maximum absolute atomic E-state index is 13.6. The summed E-state index contributed by atoms with van der Waals surface area (Å²) in [6.45, 7) is -0.118. The van der Waals surface area contributed by atoms with Gasteiger partial charge < -0.3 is 15.6 Å². The van der Waals surface area contributed by atoms with Crippen molar-refractivity contribution in [1.29, 1.82) is 0 Å². The molecule has 0 saturated heterocycles. The highest BCUT2D eigenvalue weighted by Crippen LogP contribution is 2.25. The third kappa shape index (κ3) is 3.00. The van der Waals surface area contributed by atoms with Crippen molar-refractivity contribution in [3.63, 3.8) is 0 Å². The van der Waals surface area contributed by atoms with Crippen molar-refractivity contribution in [1.82, 2.24) is 0 Å². The quantitative estimate of drug-likeness (QED) is 0.849. The lowest BCUT2D eigenvalue weighted by Gasteiger charge is -2.11. The number of aromatic carboxylic acids is 1. The minimum atomic E-state index is -1.20. The van der Waals surface area contributed by atoms with Crippen LogP contribution in [0.2, 0.25) is 5.02 Å². The van der Waals surface area contributed by atoms with Gasteiger partial charge >= 0.3 is 5.97 Å². The standard InChI is InChI=1S/C14H11ClFNO3/c15-9-5-4-8(10(16)6-9)7-20-12-3-1-2-11(17)13(12)14(18)19/h1-6H,7,17H2,(H,18,19). The van der Waals surface area contributed by atoms with Gasteiger partial charge in [0.1, 0.15) is 23.7 Å². The zero-order valence-corrected chi connectivity index (χ0v) is 11.0. The van der Waals surface area contributed by atoms with Crippen molar-refractivity contribution in [3.8, 4) is 5.75 Å². The number of hydrogen-bond donors (Lipinski definition) is 2. The lowest BCUT2D eigenvalue weighted by atomic mass is 10.1. The van der Waals surface area contributed by atoms with Gasteiger partial charge in [0.2, 0.25) is 0 Å². The molecule has 6 heteroatoms. The molecule has 2 aromatic carbocycles. The first-order valence-electron chi connectivity index (χ1n) is 5.67. The second kappa shape index (κ2) is 5.79. The van der Waals surface area contributed by atoms with E-state index in [1.165, 1.54) is 24.3 Å². The van der Waals surface area contributed by atoms with Crippen molar-refractivity contribution in [2.75, 3.05) is 5.73 Å². The Hall–Kier alpha value is -2.27. The van der Waals surface area contributed by atoms with Crippen LogP contribution in [0.5, 0.6) is 5.75 Å². The molecule has 0 aliphatic carbocycles. The fraction of sp³-hybridized carbons (Fsp3) is 0.0714. The van der Waals surface area contributed by atoms with Crippen molar-refractivity contribution >= 4 is 23.3 Å². The molecule has 0 saturated carbocycles. The Labute approximate surface area is 119 Å². The Morgan fingerprint density at radius 3 is 2.75 bits per heavy atom. The Bertz CT molecular complexity index is 661. The summed E-state index contributed by atoms with van der Waals surface area (Å²) in [7, 11) is 0. The molecule has 20 heavy (non-hydrogen) atoms. The number of rotatable bonds is 4. The van der Waals surface area contributed by atoms with Crippen LogP contribution in [0.15, 0.2) is 36.4 Å². The number of nitrogen functional groups attached to an aromatic ring is 1. The van der Waals surface area contributed by atoms with Gasteiger partial charge in [0, 0.05) is 16.3 Å². The molecule has 0 spiro atoms. The summed E-state index contributed by atoms with van der Waals surface area (Å²) < 4.78 is 18.9. The molecule has 0 bridgehead atoms. The zero-order valence-electron chi connectivity index (χ0n) is 10.3. The normalized spacial score (nSPS) is 10.3. The smallest absolute Gasteiger partial charge is 0.341 e. The van der Waals surface area contributed by atoms with Crippen molar-refractivity contribution in [2.24, 2.45) is 0 Å². The number of nitrogens with two attached hydrogens (primary N) is 1. The molecule has 0 fully saturated rings. The van der Waals surface area contributed by atoms with Crippen LogP contribution in [-0.2, 0) is 6.61 Å². The number of hydrogen-bond acceptors (Lipinski definition) is 3. The summed E-state index contributed by atoms with van der Waals surface area (Å²) in [5, 5.41) is 9.36. The van der Waals surface area contributed by atoms with E-state index in [2.05, 4.69) is 0 Å². The Morgan fingerprint density at radius 1 is 1.35 bits per heavy atom. The molecule has 0 aliphatic rings. The van der Waals surface area contributed by atoms with E-state index in [1.54, 1.807) is 6.07 Å². The van der Waals surface area contributed by atoms with Crippen LogP contribution in [0.3, 0.4) is 0 Å². The summed E-state index contributed by atoms with van der Waals surface area (Å²) in [6, 6.07) is 8.66. The van der Waals surface area contributed by atoms with Crippen LogP contribution >= 0.6 is 11.6 Å². The molecule has 0 atom stereocenters. The molecule has 104 valence electrons. The Kier molecular flexibility index (Phi) is 4.10. The maximum Gasteiger partial charge on any atom is 0.341 e. The third-order valence-electron chi connectivity index (χ3n) is 2.67. The van der Waals surface area contributed by atoms with Gasteiger partial charge in [-0.25, -0.2) is 9.18 Å². The SMILES string of the molecule is Nc1cccc(OCc2ccc(Cl)cc2F)c1C(=O)O. The largest absolute Gasteiger partial charge is 0.488 e. The number of anilines is 1. The van der Waals surface area contributed by atoms with Crippen molar-refractivity contribution in [2.45, 2.75) is 6.61 Å². The predicted molar refractivity (Wildman–Crippen MR) is 73.6 cm³/mol. The first-order valence-corrected chi connectivity index (χ1v) is 6.05. The lowest BCUT2D eigenvalue weighted by molar-refractivity contribution is 0.0693. The van der Waals surface area contributed by atoms with Gasteiger partial charge in [-0.3, -0.25) is 0 Å². The molecular formula is C14H11ClFNO3. The second-order valence-electron chi connectivity index (χ2n) is 4.05. The van der Waals surface area contributed by atoms with Crippen LogP contribution in [0.25, 0.3) is 0 Å². The van der Waals surface area contributed by atoms with Gasteiger partial charge in [-0.05, 0) is 24.3 Å². The van der Waals surface area contributed by atoms with E-state index in [4.69, 9.17) is 27.2 Å². The number of carboxylic acid groups (broad SMARTS) is 1. The average molecular weight is 296 g/mol. The summed E-state index contributed by atoms with van der Waals surface area (Å²) in [4.78, 5) is 11.1. The number of benzene rings is 2. The monoisotopic (exact) mass is 295 g/mol. The molecule has 0 radical (unpaired) electrons. The van der Waals surface area contributed by atoms with Gasteiger partial charge in [-0.1, -0.05) is 23.7 Å². The van der Waals surface area contributed by atoms with E-state index in [-0.39, 0.29) is 34.2 Å². The third-order valence-corrected chi connectivity index (χ3v) is 2.91. The molecule has 0 aliphatic heterocycles. The van der Waals surface area contributed by atoms with Crippen LogP contribution in [0.1, 0.15) is 15.9 Å². The first kappa shape index (κ1) is 14.1. The fourth-order valence-corrected chi connectivity index (χ4v) is 1.85. The zero-order chi connectivity index (χ0) is 14.7. The van der Waals surface area contributed by atoms with Crippen LogP contribution in [-0.4, -0.2) is 11.1 Å². The number of carboxylic acids is 1. The minimum absolute atomic E-state index is 0.0894. The molecule has 4 nitrogen and oxygen atoms in total. The van der Waals surface area contributed by atoms with Gasteiger partial charge in [-0.15, -0.1) is 0 Å². The molecule has 2 rings (SSSR count). The Morgan fingerprint density at radius 2 is 2.10 bits per heavy atom. The highest BCUT2D eigenvalue weighted by Gasteiger charge is 2.15. The van der Waals surface area contributed by atoms with Gasteiger partial charge in [0.05, 0.1) is 0 Å². The molecule has 0 amide bonds. The minimum Gasteiger partial charge on any atom is -0.488 e. The lowest BCUT2D eigenvalue weighted by Crippen LogP contribution is -2.07. The van der Waals surface area contributed by atoms with E-state index in [0.717, 1.165) is 6.07 Å². The van der Waals surface area contributed by atoms with Crippen LogP contribution in [0.4, 0.5) is 10.1 Å². The van der Waals surface area contributed by atoms with Crippen LogP contribution in [0, 0.1) is 5.82 Å². The molecule has 0 heterocycles. The average Bonchev–Trinajstić information content (AvgIpc) is 2.37. The van der Waals surface area contributed by atoms with Gasteiger partial charge in [0.15, 0.2) is 0 Å². The molecular weight excluding hydrogens is 285 g/mol. The van der Waals surface area contributed by atoms with E-state index in [9.17, 15) is 9.18 Å². The van der Waals surface area contributed by atoms with E-state index >= 15 is 0 Å². The van der Waals surface area contributed by atoms with E-state index in [0.29, 0.717) is 0 Å². The van der Waals surface area contributed by atoms with Crippen molar-refractivity contribution < 1.29 is 19.0 Å². The summed E-state index contributed by atoms with van der Waals surface area (Å²) in [6.07, 6.45) is 0. The number of carbonyl (C=O) groups is 1. The Balaban J connectivity index is 2.23. The first-order chi connectivity index (χ1) is 9.49. The second-order valence-corrected chi connectivity index (χ2v) is 4.49. The predicted octanol–water partition coefficient (Wildman–Crippen LogP) is 3.34. The van der Waals surface area contributed by atoms with Gasteiger partial charge in [-0.2, -0.15) is 0 Å². The molecule has 3 N–H and O–H groups in total. The highest BCUT2D eigenvalue weighted by molar-refractivity contribution is 6.30. The number of ether oxygens (including phenoxy) is 1. The summed E-state index contributed by atoms with van der Waals surface area (Å²) in [5.74, 6) is -1.63. The summed E-state index contributed by atoms with van der Waals surface area (Å²) >= 11 is 5.65. The molecule has 2 aromatic rings. The van der Waals surface area contributed by atoms with E-state index in [1.807, 2.05) is 0 Å². The fourth-order valence-electron chi connectivity index (χ4n) is 1.69.